The molecule has 3 aliphatic rings. The SMILES string of the molecule is C(=N\C1CCCCC1/N=C/c1ccc(N2CCCC2)cc1)/c1ccc(N2CCCC2)cc1. The minimum atomic E-state index is 0.294. The molecular formula is C28H36N4. The third kappa shape index (κ3) is 5.23. The number of hydrogen-bond donors (Lipinski definition) is 0. The fourth-order valence-electron chi connectivity index (χ4n) is 5.30. The molecule has 5 rings (SSSR count). The zero-order valence-electron chi connectivity index (χ0n) is 19.2. The van der Waals surface area contributed by atoms with Crippen LogP contribution in [0.1, 0.15) is 62.5 Å². The second-order valence-corrected chi connectivity index (χ2v) is 9.55. The van der Waals surface area contributed by atoms with Gasteiger partial charge in [-0.3, -0.25) is 9.98 Å². The average molecular weight is 429 g/mol. The van der Waals surface area contributed by atoms with Crippen LogP contribution < -0.4 is 9.80 Å². The Morgan fingerprint density at radius 2 is 0.906 bits per heavy atom. The molecule has 2 aromatic rings. The molecule has 2 aromatic carbocycles. The van der Waals surface area contributed by atoms with Gasteiger partial charge in [-0.1, -0.05) is 37.1 Å². The molecule has 0 spiro atoms. The van der Waals surface area contributed by atoms with Crippen LogP contribution in [-0.2, 0) is 0 Å². The Kier molecular flexibility index (Phi) is 6.86. The normalized spacial score (nSPS) is 24.2. The quantitative estimate of drug-likeness (QED) is 0.550. The van der Waals surface area contributed by atoms with E-state index >= 15 is 0 Å². The Balaban J connectivity index is 1.20. The second-order valence-electron chi connectivity index (χ2n) is 9.55. The van der Waals surface area contributed by atoms with Crippen LogP contribution in [0.4, 0.5) is 11.4 Å². The Hall–Kier alpha value is -2.62. The predicted octanol–water partition coefficient (Wildman–Crippen LogP) is 5.74. The summed E-state index contributed by atoms with van der Waals surface area (Å²) in [5.74, 6) is 0. The largest absolute Gasteiger partial charge is 0.372 e. The van der Waals surface area contributed by atoms with Gasteiger partial charge in [-0.25, -0.2) is 0 Å². The van der Waals surface area contributed by atoms with Crippen molar-refractivity contribution in [1.29, 1.82) is 0 Å². The molecule has 1 aliphatic carbocycles. The number of anilines is 2. The van der Waals surface area contributed by atoms with E-state index in [-0.39, 0.29) is 0 Å². The maximum atomic E-state index is 4.98. The van der Waals surface area contributed by atoms with Gasteiger partial charge in [0.2, 0.25) is 0 Å². The van der Waals surface area contributed by atoms with Crippen LogP contribution in [0, 0.1) is 0 Å². The van der Waals surface area contributed by atoms with Crippen molar-refractivity contribution in [1.82, 2.24) is 0 Å². The topological polar surface area (TPSA) is 31.2 Å². The van der Waals surface area contributed by atoms with Crippen LogP contribution in [0.15, 0.2) is 58.5 Å². The second kappa shape index (κ2) is 10.3. The van der Waals surface area contributed by atoms with Crippen molar-refractivity contribution in [3.8, 4) is 0 Å². The fourth-order valence-corrected chi connectivity index (χ4v) is 5.30. The monoisotopic (exact) mass is 428 g/mol. The number of rotatable bonds is 6. The van der Waals surface area contributed by atoms with Crippen molar-refractivity contribution in [2.45, 2.75) is 63.5 Å². The van der Waals surface area contributed by atoms with E-state index in [1.54, 1.807) is 0 Å². The van der Waals surface area contributed by atoms with Crippen LogP contribution in [0.25, 0.3) is 0 Å². The molecule has 2 aliphatic heterocycles. The smallest absolute Gasteiger partial charge is 0.0723 e. The minimum absolute atomic E-state index is 0.294. The molecule has 0 bridgehead atoms. The third-order valence-electron chi connectivity index (χ3n) is 7.25. The molecule has 0 aromatic heterocycles. The summed E-state index contributed by atoms with van der Waals surface area (Å²) in [5.41, 5.74) is 5.07. The summed E-state index contributed by atoms with van der Waals surface area (Å²) in [6, 6.07) is 18.4. The first-order valence-electron chi connectivity index (χ1n) is 12.6. The first-order valence-corrected chi connectivity index (χ1v) is 12.6. The van der Waals surface area contributed by atoms with E-state index in [0.29, 0.717) is 12.1 Å². The van der Waals surface area contributed by atoms with Crippen LogP contribution in [0.5, 0.6) is 0 Å². The van der Waals surface area contributed by atoms with Crippen LogP contribution >= 0.6 is 0 Å². The standard InChI is InChI=1S/C28H36N4/c1-2-8-28(30-22-24-11-15-26(16-12-24)32-19-5-6-20-32)27(7-1)29-21-23-9-13-25(14-10-23)31-17-3-4-18-31/h9-16,21-22,27-28H,1-8,17-20H2/b29-21+,30-22+. The molecular weight excluding hydrogens is 392 g/mol. The van der Waals surface area contributed by atoms with Gasteiger partial charge in [-0.05, 0) is 73.9 Å². The Morgan fingerprint density at radius 1 is 0.531 bits per heavy atom. The highest BCUT2D eigenvalue weighted by Gasteiger charge is 2.23. The molecule has 2 atom stereocenters. The number of nitrogens with zero attached hydrogens (tertiary/aromatic N) is 4. The van der Waals surface area contributed by atoms with Gasteiger partial charge in [0, 0.05) is 50.0 Å². The van der Waals surface area contributed by atoms with Gasteiger partial charge < -0.3 is 9.80 Å². The van der Waals surface area contributed by atoms with Gasteiger partial charge in [0.25, 0.3) is 0 Å². The van der Waals surface area contributed by atoms with E-state index in [9.17, 15) is 0 Å². The fraction of sp³-hybridized carbons (Fsp3) is 0.500. The summed E-state index contributed by atoms with van der Waals surface area (Å²) >= 11 is 0. The molecule has 2 saturated heterocycles. The lowest BCUT2D eigenvalue weighted by Gasteiger charge is -2.25. The van der Waals surface area contributed by atoms with Gasteiger partial charge in [-0.2, -0.15) is 0 Å². The highest BCUT2D eigenvalue weighted by Crippen LogP contribution is 2.25. The lowest BCUT2D eigenvalue weighted by molar-refractivity contribution is 0.390. The van der Waals surface area contributed by atoms with Gasteiger partial charge in [0.05, 0.1) is 12.1 Å². The third-order valence-corrected chi connectivity index (χ3v) is 7.25. The molecule has 32 heavy (non-hydrogen) atoms. The van der Waals surface area contributed by atoms with Crippen LogP contribution in [0.2, 0.25) is 0 Å². The molecule has 2 heterocycles. The van der Waals surface area contributed by atoms with Crippen LogP contribution in [-0.4, -0.2) is 50.7 Å². The lowest BCUT2D eigenvalue weighted by atomic mass is 9.91. The van der Waals surface area contributed by atoms with Crippen molar-refractivity contribution in [3.05, 3.63) is 59.7 Å². The van der Waals surface area contributed by atoms with Crippen LogP contribution in [0.3, 0.4) is 0 Å². The molecule has 0 N–H and O–H groups in total. The first-order chi connectivity index (χ1) is 15.8. The summed E-state index contributed by atoms with van der Waals surface area (Å²) in [5, 5.41) is 0. The Bertz CT molecular complexity index is 826. The maximum absolute atomic E-state index is 4.98. The molecule has 4 nitrogen and oxygen atoms in total. The summed E-state index contributed by atoms with van der Waals surface area (Å²) in [6.07, 6.45) is 14.2. The van der Waals surface area contributed by atoms with E-state index in [0.717, 1.165) is 12.8 Å². The summed E-state index contributed by atoms with van der Waals surface area (Å²) in [7, 11) is 0. The van der Waals surface area contributed by atoms with E-state index in [1.807, 2.05) is 0 Å². The van der Waals surface area contributed by atoms with Crippen molar-refractivity contribution in [3.63, 3.8) is 0 Å². The molecule has 3 fully saturated rings. The molecule has 4 heteroatoms. The van der Waals surface area contributed by atoms with Crippen molar-refractivity contribution < 1.29 is 0 Å². The van der Waals surface area contributed by atoms with E-state index in [1.165, 1.54) is 87.2 Å². The van der Waals surface area contributed by atoms with Crippen molar-refractivity contribution in [2.24, 2.45) is 9.98 Å². The minimum Gasteiger partial charge on any atom is -0.372 e. The van der Waals surface area contributed by atoms with Gasteiger partial charge in [0.15, 0.2) is 0 Å². The maximum Gasteiger partial charge on any atom is 0.0723 e. The highest BCUT2D eigenvalue weighted by molar-refractivity contribution is 5.81. The summed E-state index contributed by atoms with van der Waals surface area (Å²) in [6.45, 7) is 4.76. The highest BCUT2D eigenvalue weighted by atomic mass is 15.1. The van der Waals surface area contributed by atoms with Gasteiger partial charge >= 0.3 is 0 Å². The summed E-state index contributed by atoms with van der Waals surface area (Å²) < 4.78 is 0. The zero-order chi connectivity index (χ0) is 21.6. The van der Waals surface area contributed by atoms with E-state index in [4.69, 9.17) is 9.98 Å². The molecule has 1 saturated carbocycles. The zero-order valence-corrected chi connectivity index (χ0v) is 19.2. The molecule has 168 valence electrons. The summed E-state index contributed by atoms with van der Waals surface area (Å²) in [4.78, 5) is 14.9. The van der Waals surface area contributed by atoms with E-state index in [2.05, 4.69) is 70.8 Å². The molecule has 0 radical (unpaired) electrons. The van der Waals surface area contributed by atoms with Crippen molar-refractivity contribution >= 4 is 23.8 Å². The van der Waals surface area contributed by atoms with Crippen molar-refractivity contribution in [2.75, 3.05) is 36.0 Å². The molecule has 0 amide bonds. The Labute approximate surface area is 193 Å². The number of benzene rings is 2. The van der Waals surface area contributed by atoms with Gasteiger partial charge in [-0.15, -0.1) is 0 Å². The molecule has 2 unspecified atom stereocenters. The van der Waals surface area contributed by atoms with Gasteiger partial charge in [0.1, 0.15) is 0 Å². The first kappa shape index (κ1) is 21.2. The number of hydrogen-bond acceptors (Lipinski definition) is 4. The number of aliphatic imine (C=N–C) groups is 2. The lowest BCUT2D eigenvalue weighted by Crippen LogP contribution is -2.27. The Morgan fingerprint density at radius 3 is 1.28 bits per heavy atom. The average Bonchev–Trinajstić information content (AvgIpc) is 3.58. The predicted molar refractivity (Wildman–Crippen MR) is 137 cm³/mol. The van der Waals surface area contributed by atoms with E-state index < -0.39 is 0 Å².